The van der Waals surface area contributed by atoms with E-state index in [1.165, 1.54) is 0 Å². The lowest BCUT2D eigenvalue weighted by Gasteiger charge is -2.42. The highest BCUT2D eigenvalue weighted by atomic mass is 19.1. The van der Waals surface area contributed by atoms with Crippen LogP contribution in [-0.2, 0) is 38.8 Å². The molecule has 0 spiro atoms. The van der Waals surface area contributed by atoms with E-state index in [-0.39, 0.29) is 19.6 Å². The summed E-state index contributed by atoms with van der Waals surface area (Å²) >= 11 is 0. The molecule has 1 aliphatic carbocycles. The Morgan fingerprint density at radius 3 is 1.50 bits per heavy atom. The fourth-order valence-corrected chi connectivity index (χ4v) is 4.84. The predicted molar refractivity (Wildman–Crippen MR) is 150 cm³/mol. The number of halogens is 1. The van der Waals surface area contributed by atoms with Crippen LogP contribution in [-0.4, -0.2) is 36.6 Å². The lowest BCUT2D eigenvalue weighted by molar-refractivity contribution is -0.207. The summed E-state index contributed by atoms with van der Waals surface area (Å²) in [5.74, 6) is -0.618. The summed E-state index contributed by atoms with van der Waals surface area (Å²) in [6.45, 7) is 0.753. The largest absolute Gasteiger partial charge is 0.453 e. The molecule has 0 heterocycles. The average Bonchev–Trinajstić information content (AvgIpc) is 3.02. The van der Waals surface area contributed by atoms with Crippen molar-refractivity contribution in [3.63, 3.8) is 0 Å². The summed E-state index contributed by atoms with van der Waals surface area (Å²) in [5.41, 5.74) is 3.17. The summed E-state index contributed by atoms with van der Waals surface area (Å²) in [6, 6.07) is 37.6. The second-order valence-electron chi connectivity index (χ2n) is 9.85. The number of hydrogen-bond acceptors (Lipinski definition) is 5. The first-order valence-corrected chi connectivity index (χ1v) is 13.5. The van der Waals surface area contributed by atoms with Crippen molar-refractivity contribution in [3.05, 3.63) is 144 Å². The number of esters is 1. The van der Waals surface area contributed by atoms with Gasteiger partial charge in [-0.2, -0.15) is 0 Å². The maximum atomic E-state index is 16.3. The molecule has 0 aromatic heterocycles. The second kappa shape index (κ2) is 14.0. The molecule has 0 aliphatic heterocycles. The summed E-state index contributed by atoms with van der Waals surface area (Å²) < 4.78 is 40.9. The monoisotopic (exact) mass is 540 g/mol. The van der Waals surface area contributed by atoms with E-state index in [4.69, 9.17) is 18.9 Å². The first-order valence-electron chi connectivity index (χ1n) is 13.5. The Labute approximate surface area is 234 Å². The Morgan fingerprint density at radius 2 is 1.00 bits per heavy atom. The molecular weight excluding hydrogens is 507 g/mol. The first-order chi connectivity index (χ1) is 19.7. The van der Waals surface area contributed by atoms with Crippen LogP contribution in [0.25, 0.3) is 0 Å². The topological polar surface area (TPSA) is 54.0 Å². The van der Waals surface area contributed by atoms with Gasteiger partial charge in [-0.1, -0.05) is 109 Å². The van der Waals surface area contributed by atoms with E-state index in [1.54, 1.807) is 24.3 Å². The molecule has 6 heteroatoms. The van der Waals surface area contributed by atoms with Crippen LogP contribution in [0.5, 0.6) is 0 Å². The first kappa shape index (κ1) is 27.7. The quantitative estimate of drug-likeness (QED) is 0.198. The molecular formula is C34H33FO5. The van der Waals surface area contributed by atoms with Gasteiger partial charge in [0.1, 0.15) is 6.10 Å². The highest BCUT2D eigenvalue weighted by molar-refractivity contribution is 5.89. The van der Waals surface area contributed by atoms with E-state index < -0.39 is 36.6 Å². The van der Waals surface area contributed by atoms with Crippen molar-refractivity contribution in [1.29, 1.82) is 0 Å². The standard InChI is InChI=1S/C34H33FO5/c35-31-29(37-22-25-13-5-1-6-14-25)21-30(38-23-26-15-7-2-8-16-26)32(39-24-27-17-9-3-10-18-27)33(31)40-34(36)28-19-11-4-12-20-28/h1-20,29-33H,21-24H2/t29-,30+,31+,32-,33-/m0/s1. The van der Waals surface area contributed by atoms with Crippen LogP contribution < -0.4 is 0 Å². The fourth-order valence-electron chi connectivity index (χ4n) is 4.84. The zero-order valence-electron chi connectivity index (χ0n) is 22.2. The van der Waals surface area contributed by atoms with Crippen LogP contribution >= 0.6 is 0 Å². The lowest BCUT2D eigenvalue weighted by atomic mass is 9.87. The van der Waals surface area contributed by atoms with E-state index in [2.05, 4.69) is 0 Å². The number of ether oxygens (including phenoxy) is 4. The molecule has 0 amide bonds. The highest BCUT2D eigenvalue weighted by Crippen LogP contribution is 2.33. The summed E-state index contributed by atoms with van der Waals surface area (Å²) in [5, 5.41) is 0. The minimum atomic E-state index is -1.62. The third-order valence-corrected chi connectivity index (χ3v) is 6.98. The van der Waals surface area contributed by atoms with Crippen molar-refractivity contribution in [3.8, 4) is 0 Å². The Morgan fingerprint density at radius 1 is 0.575 bits per heavy atom. The summed E-state index contributed by atoms with van der Waals surface area (Å²) in [7, 11) is 0. The molecule has 206 valence electrons. The molecule has 0 radical (unpaired) electrons. The van der Waals surface area contributed by atoms with Gasteiger partial charge >= 0.3 is 5.97 Å². The molecule has 0 bridgehead atoms. The normalized spacial score (nSPS) is 22.5. The van der Waals surface area contributed by atoms with E-state index in [9.17, 15) is 4.79 Å². The van der Waals surface area contributed by atoms with Crippen LogP contribution in [0.3, 0.4) is 0 Å². The second-order valence-corrected chi connectivity index (χ2v) is 9.85. The number of hydrogen-bond donors (Lipinski definition) is 0. The smallest absolute Gasteiger partial charge is 0.338 e. The Kier molecular flexibility index (Phi) is 9.69. The van der Waals surface area contributed by atoms with Gasteiger partial charge in [-0.25, -0.2) is 9.18 Å². The molecule has 5 rings (SSSR count). The van der Waals surface area contributed by atoms with Crippen molar-refractivity contribution >= 4 is 5.97 Å². The van der Waals surface area contributed by atoms with Crippen LogP contribution in [0.2, 0.25) is 0 Å². The Bertz CT molecular complexity index is 1300. The van der Waals surface area contributed by atoms with Crippen molar-refractivity contribution in [2.45, 2.75) is 56.8 Å². The number of benzene rings is 4. The fraction of sp³-hybridized carbons (Fsp3) is 0.265. The lowest BCUT2D eigenvalue weighted by Crippen LogP contribution is -2.58. The van der Waals surface area contributed by atoms with Crippen LogP contribution in [0.15, 0.2) is 121 Å². The van der Waals surface area contributed by atoms with Crippen molar-refractivity contribution in [2.75, 3.05) is 0 Å². The van der Waals surface area contributed by atoms with E-state index in [1.807, 2.05) is 97.1 Å². The molecule has 5 nitrogen and oxygen atoms in total. The maximum Gasteiger partial charge on any atom is 0.338 e. The van der Waals surface area contributed by atoms with Crippen LogP contribution in [0.1, 0.15) is 33.5 Å². The van der Waals surface area contributed by atoms with Crippen molar-refractivity contribution < 1.29 is 28.1 Å². The molecule has 1 aliphatic rings. The summed E-state index contributed by atoms with van der Waals surface area (Å²) in [4.78, 5) is 13.1. The van der Waals surface area contributed by atoms with Crippen molar-refractivity contribution in [2.24, 2.45) is 0 Å². The zero-order chi connectivity index (χ0) is 27.6. The number of rotatable bonds is 11. The molecule has 5 atom stereocenters. The number of carbonyl (C=O) groups is 1. The average molecular weight is 541 g/mol. The van der Waals surface area contributed by atoms with Gasteiger partial charge in [-0.3, -0.25) is 0 Å². The molecule has 0 unspecified atom stereocenters. The number of carbonyl (C=O) groups excluding carboxylic acids is 1. The van der Waals surface area contributed by atoms with Gasteiger partial charge in [0.25, 0.3) is 0 Å². The molecule has 4 aromatic rings. The van der Waals surface area contributed by atoms with Crippen LogP contribution in [0.4, 0.5) is 4.39 Å². The minimum absolute atomic E-state index is 0.221. The van der Waals surface area contributed by atoms with E-state index in [0.717, 1.165) is 16.7 Å². The van der Waals surface area contributed by atoms with Gasteiger partial charge in [-0.05, 0) is 28.8 Å². The molecule has 0 saturated heterocycles. The minimum Gasteiger partial charge on any atom is -0.453 e. The number of alkyl halides is 1. The van der Waals surface area contributed by atoms with Gasteiger partial charge in [0, 0.05) is 6.42 Å². The van der Waals surface area contributed by atoms with Gasteiger partial charge in [0.05, 0.1) is 37.6 Å². The highest BCUT2D eigenvalue weighted by Gasteiger charge is 2.49. The summed E-state index contributed by atoms with van der Waals surface area (Å²) in [6.07, 6.45) is -4.88. The SMILES string of the molecule is O=C(O[C@H]1[C@H](F)[C@@H](OCc2ccccc2)C[C@@H](OCc2ccccc2)[C@@H]1OCc1ccccc1)c1ccccc1. The zero-order valence-corrected chi connectivity index (χ0v) is 22.2. The van der Waals surface area contributed by atoms with Crippen molar-refractivity contribution in [1.82, 2.24) is 0 Å². The predicted octanol–water partition coefficient (Wildman–Crippen LogP) is 6.71. The third kappa shape index (κ3) is 7.42. The molecule has 4 aromatic carbocycles. The van der Waals surface area contributed by atoms with Crippen LogP contribution in [0, 0.1) is 0 Å². The molecule has 40 heavy (non-hydrogen) atoms. The van der Waals surface area contributed by atoms with Gasteiger partial charge in [0.15, 0.2) is 12.3 Å². The van der Waals surface area contributed by atoms with Gasteiger partial charge < -0.3 is 18.9 Å². The molecule has 0 N–H and O–H groups in total. The molecule has 1 fully saturated rings. The molecule has 1 saturated carbocycles. The van der Waals surface area contributed by atoms with E-state index in [0.29, 0.717) is 12.2 Å². The Hall–Kier alpha value is -3.84. The van der Waals surface area contributed by atoms with Gasteiger partial charge in [0.2, 0.25) is 0 Å². The third-order valence-electron chi connectivity index (χ3n) is 6.98. The maximum absolute atomic E-state index is 16.3. The van der Waals surface area contributed by atoms with E-state index >= 15 is 4.39 Å². The van der Waals surface area contributed by atoms with Gasteiger partial charge in [-0.15, -0.1) is 0 Å². The Balaban J connectivity index is 1.40.